The fourth-order valence-electron chi connectivity index (χ4n) is 2.55. The molecule has 108 valence electrons. The quantitative estimate of drug-likeness (QED) is 0.813. The standard InChI is InChI=1S/C16H15NO3S/c1-12-6-2-3-7-13(12)16(18)17-10-11-21(19,20)15-9-5-4-8-14(15)17/h2-9H,10-11H2,1H3. The van der Waals surface area contributed by atoms with Gasteiger partial charge in [-0.1, -0.05) is 30.3 Å². The number of nitrogens with zero attached hydrogens (tertiary/aromatic N) is 1. The molecule has 1 amide bonds. The first-order valence-corrected chi connectivity index (χ1v) is 8.35. The zero-order chi connectivity index (χ0) is 15.0. The molecule has 0 atom stereocenters. The molecule has 1 aliphatic rings. The molecule has 5 heteroatoms. The van der Waals surface area contributed by atoms with Gasteiger partial charge in [-0.3, -0.25) is 4.79 Å². The van der Waals surface area contributed by atoms with Crippen LogP contribution in [0.4, 0.5) is 5.69 Å². The second-order valence-electron chi connectivity index (χ2n) is 5.06. The lowest BCUT2D eigenvalue weighted by molar-refractivity contribution is 0.0987. The van der Waals surface area contributed by atoms with Crippen molar-refractivity contribution in [3.05, 3.63) is 59.7 Å². The fraction of sp³-hybridized carbons (Fsp3) is 0.188. The van der Waals surface area contributed by atoms with Gasteiger partial charge in [-0.05, 0) is 30.7 Å². The van der Waals surface area contributed by atoms with Gasteiger partial charge in [0.25, 0.3) is 5.91 Å². The van der Waals surface area contributed by atoms with Crippen molar-refractivity contribution in [3.63, 3.8) is 0 Å². The molecule has 2 aromatic carbocycles. The van der Waals surface area contributed by atoms with E-state index in [0.717, 1.165) is 5.56 Å². The average molecular weight is 301 g/mol. The van der Waals surface area contributed by atoms with Gasteiger partial charge in [0.2, 0.25) is 0 Å². The lowest BCUT2D eigenvalue weighted by Gasteiger charge is -2.29. The summed E-state index contributed by atoms with van der Waals surface area (Å²) in [6, 6.07) is 14.0. The van der Waals surface area contributed by atoms with Crippen molar-refractivity contribution in [2.75, 3.05) is 17.2 Å². The van der Waals surface area contributed by atoms with E-state index in [0.29, 0.717) is 11.3 Å². The summed E-state index contributed by atoms with van der Waals surface area (Å²) in [5.74, 6) is -0.197. The van der Waals surface area contributed by atoms with Crippen LogP contribution in [-0.2, 0) is 9.84 Å². The number of benzene rings is 2. The molecule has 2 aromatic rings. The molecule has 1 aliphatic heterocycles. The number of hydrogen-bond donors (Lipinski definition) is 0. The van der Waals surface area contributed by atoms with E-state index in [1.165, 1.54) is 0 Å². The van der Waals surface area contributed by atoms with Crippen molar-refractivity contribution in [1.82, 2.24) is 0 Å². The Morgan fingerprint density at radius 2 is 1.71 bits per heavy atom. The molecular formula is C16H15NO3S. The first-order valence-electron chi connectivity index (χ1n) is 6.70. The number of fused-ring (bicyclic) bond motifs is 1. The van der Waals surface area contributed by atoms with Crippen LogP contribution >= 0.6 is 0 Å². The van der Waals surface area contributed by atoms with E-state index < -0.39 is 9.84 Å². The number of anilines is 1. The van der Waals surface area contributed by atoms with E-state index in [9.17, 15) is 13.2 Å². The maximum absolute atomic E-state index is 12.7. The topological polar surface area (TPSA) is 54.5 Å². The fourth-order valence-corrected chi connectivity index (χ4v) is 3.98. The monoisotopic (exact) mass is 301 g/mol. The van der Waals surface area contributed by atoms with Crippen LogP contribution in [0.2, 0.25) is 0 Å². The van der Waals surface area contributed by atoms with Gasteiger partial charge in [0.05, 0.1) is 16.3 Å². The number of amides is 1. The molecular weight excluding hydrogens is 286 g/mol. The average Bonchev–Trinajstić information content (AvgIpc) is 2.47. The third kappa shape index (κ3) is 2.34. The van der Waals surface area contributed by atoms with Gasteiger partial charge in [0.15, 0.2) is 9.84 Å². The molecule has 0 aliphatic carbocycles. The van der Waals surface area contributed by atoms with Crippen molar-refractivity contribution in [2.24, 2.45) is 0 Å². The third-order valence-electron chi connectivity index (χ3n) is 3.70. The second-order valence-corrected chi connectivity index (χ2v) is 7.14. The molecule has 4 nitrogen and oxygen atoms in total. The van der Waals surface area contributed by atoms with E-state index in [1.54, 1.807) is 35.2 Å². The highest BCUT2D eigenvalue weighted by Gasteiger charge is 2.31. The van der Waals surface area contributed by atoms with Gasteiger partial charge in [-0.25, -0.2) is 8.42 Å². The molecule has 0 unspecified atom stereocenters. The predicted molar refractivity (Wildman–Crippen MR) is 81.4 cm³/mol. The summed E-state index contributed by atoms with van der Waals surface area (Å²) in [7, 11) is -3.29. The Labute approximate surface area is 123 Å². The zero-order valence-electron chi connectivity index (χ0n) is 11.6. The molecule has 0 spiro atoms. The number of aryl methyl sites for hydroxylation is 1. The molecule has 0 fully saturated rings. The van der Waals surface area contributed by atoms with Crippen LogP contribution in [0, 0.1) is 6.92 Å². The van der Waals surface area contributed by atoms with Gasteiger partial charge in [-0.2, -0.15) is 0 Å². The predicted octanol–water partition coefficient (Wildman–Crippen LogP) is 2.43. The number of hydrogen-bond acceptors (Lipinski definition) is 3. The van der Waals surface area contributed by atoms with Gasteiger partial charge in [0, 0.05) is 12.1 Å². The highest BCUT2D eigenvalue weighted by atomic mass is 32.2. The van der Waals surface area contributed by atoms with Crippen LogP contribution < -0.4 is 4.90 Å². The Balaban J connectivity index is 2.09. The van der Waals surface area contributed by atoms with Crippen molar-refractivity contribution >= 4 is 21.4 Å². The van der Waals surface area contributed by atoms with Gasteiger partial charge in [-0.15, -0.1) is 0 Å². The molecule has 0 bridgehead atoms. The van der Waals surface area contributed by atoms with Gasteiger partial charge < -0.3 is 4.90 Å². The van der Waals surface area contributed by atoms with Gasteiger partial charge >= 0.3 is 0 Å². The molecule has 3 rings (SSSR count). The smallest absolute Gasteiger partial charge is 0.258 e. The number of sulfone groups is 1. The van der Waals surface area contributed by atoms with Crippen LogP contribution in [0.3, 0.4) is 0 Å². The van der Waals surface area contributed by atoms with Gasteiger partial charge in [0.1, 0.15) is 0 Å². The third-order valence-corrected chi connectivity index (χ3v) is 5.43. The van der Waals surface area contributed by atoms with Crippen molar-refractivity contribution in [3.8, 4) is 0 Å². The summed E-state index contributed by atoms with van der Waals surface area (Å²) in [6.45, 7) is 2.06. The molecule has 0 radical (unpaired) electrons. The van der Waals surface area contributed by atoms with Crippen LogP contribution in [0.5, 0.6) is 0 Å². The Morgan fingerprint density at radius 3 is 2.48 bits per heavy atom. The van der Waals surface area contributed by atoms with Crippen LogP contribution in [0.1, 0.15) is 15.9 Å². The summed E-state index contributed by atoms with van der Waals surface area (Å²) in [4.78, 5) is 14.5. The Bertz CT molecular complexity index is 812. The lowest BCUT2D eigenvalue weighted by Crippen LogP contribution is -2.40. The SMILES string of the molecule is Cc1ccccc1C(=O)N1CCS(=O)(=O)c2ccccc21. The molecule has 0 N–H and O–H groups in total. The summed E-state index contributed by atoms with van der Waals surface area (Å²) in [6.07, 6.45) is 0. The maximum Gasteiger partial charge on any atom is 0.258 e. The van der Waals surface area contributed by atoms with Crippen molar-refractivity contribution in [1.29, 1.82) is 0 Å². The summed E-state index contributed by atoms with van der Waals surface area (Å²) < 4.78 is 24.2. The molecule has 0 aromatic heterocycles. The Hall–Kier alpha value is -2.14. The minimum atomic E-state index is -3.29. The van der Waals surface area contributed by atoms with E-state index in [-0.39, 0.29) is 23.1 Å². The molecule has 21 heavy (non-hydrogen) atoms. The minimum Gasteiger partial charge on any atom is -0.306 e. The molecule has 0 saturated heterocycles. The lowest BCUT2D eigenvalue weighted by atomic mass is 10.1. The minimum absolute atomic E-state index is 0.0400. The summed E-state index contributed by atoms with van der Waals surface area (Å²) in [5.41, 5.74) is 1.96. The normalized spacial score (nSPS) is 16.3. The molecule has 1 heterocycles. The first-order chi connectivity index (χ1) is 10.0. The number of rotatable bonds is 1. The summed E-state index contributed by atoms with van der Waals surface area (Å²) in [5, 5.41) is 0. The maximum atomic E-state index is 12.7. The first kappa shape index (κ1) is 13.8. The molecule has 0 saturated carbocycles. The van der Waals surface area contributed by atoms with Crippen LogP contribution in [0.25, 0.3) is 0 Å². The Kier molecular flexibility index (Phi) is 3.29. The second kappa shape index (κ2) is 5.00. The van der Waals surface area contributed by atoms with E-state index in [2.05, 4.69) is 0 Å². The highest BCUT2D eigenvalue weighted by molar-refractivity contribution is 7.91. The number of carbonyl (C=O) groups is 1. The zero-order valence-corrected chi connectivity index (χ0v) is 12.4. The van der Waals surface area contributed by atoms with E-state index in [1.807, 2.05) is 25.1 Å². The highest BCUT2D eigenvalue weighted by Crippen LogP contribution is 2.31. The summed E-state index contributed by atoms with van der Waals surface area (Å²) >= 11 is 0. The Morgan fingerprint density at radius 1 is 1.05 bits per heavy atom. The van der Waals surface area contributed by atoms with Crippen LogP contribution in [0.15, 0.2) is 53.4 Å². The largest absolute Gasteiger partial charge is 0.306 e. The number of para-hydroxylation sites is 1. The van der Waals surface area contributed by atoms with Crippen molar-refractivity contribution < 1.29 is 13.2 Å². The van der Waals surface area contributed by atoms with Crippen molar-refractivity contribution in [2.45, 2.75) is 11.8 Å². The van der Waals surface area contributed by atoms with E-state index in [4.69, 9.17) is 0 Å². The van der Waals surface area contributed by atoms with Crippen LogP contribution in [-0.4, -0.2) is 26.6 Å². The number of carbonyl (C=O) groups excluding carboxylic acids is 1. The van der Waals surface area contributed by atoms with E-state index >= 15 is 0 Å².